The van der Waals surface area contributed by atoms with Gasteiger partial charge in [-0.05, 0) is 36.2 Å². The van der Waals surface area contributed by atoms with Crippen molar-refractivity contribution in [3.05, 3.63) is 75.1 Å². The number of hydrogen-bond acceptors (Lipinski definition) is 5. The summed E-state index contributed by atoms with van der Waals surface area (Å²) in [7, 11) is 3.29. The highest BCUT2D eigenvalue weighted by atomic mass is 32.1. The lowest BCUT2D eigenvalue weighted by molar-refractivity contribution is 0.410. The van der Waals surface area contributed by atoms with E-state index in [1.165, 1.54) is 11.3 Å². The lowest BCUT2D eigenvalue weighted by Crippen LogP contribution is -2.12. The van der Waals surface area contributed by atoms with Crippen LogP contribution in [0.4, 0.5) is 0 Å². The van der Waals surface area contributed by atoms with E-state index in [9.17, 15) is 4.79 Å². The molecular weight excluding hydrogens is 372 g/mol. The third-order valence-electron chi connectivity index (χ3n) is 4.75. The van der Waals surface area contributed by atoms with Gasteiger partial charge in [0.15, 0.2) is 0 Å². The van der Waals surface area contributed by atoms with Crippen molar-refractivity contribution in [2.45, 2.75) is 13.3 Å². The van der Waals surface area contributed by atoms with Crippen LogP contribution in [0.15, 0.2) is 52.6 Å². The molecule has 1 N–H and O–H groups in total. The molecule has 2 heterocycles. The molecule has 5 nitrogen and oxygen atoms in total. The summed E-state index contributed by atoms with van der Waals surface area (Å²) >= 11 is 1.48. The van der Waals surface area contributed by atoms with Crippen LogP contribution in [0.2, 0.25) is 0 Å². The predicted molar refractivity (Wildman–Crippen MR) is 113 cm³/mol. The van der Waals surface area contributed by atoms with Gasteiger partial charge in [0.2, 0.25) is 0 Å². The molecule has 4 aromatic rings. The smallest absolute Gasteiger partial charge is 0.260 e. The average molecular weight is 392 g/mol. The first-order chi connectivity index (χ1) is 13.6. The van der Waals surface area contributed by atoms with Gasteiger partial charge in [-0.1, -0.05) is 24.3 Å². The summed E-state index contributed by atoms with van der Waals surface area (Å²) in [5.41, 5.74) is 3.75. The Kier molecular flexibility index (Phi) is 4.88. The summed E-state index contributed by atoms with van der Waals surface area (Å²) < 4.78 is 10.7. The molecule has 0 spiro atoms. The number of hydrogen-bond donors (Lipinski definition) is 1. The number of aromatic nitrogens is 2. The van der Waals surface area contributed by atoms with Gasteiger partial charge in [0.05, 0.1) is 19.6 Å². The van der Waals surface area contributed by atoms with E-state index in [2.05, 4.69) is 4.98 Å². The van der Waals surface area contributed by atoms with Gasteiger partial charge in [0.25, 0.3) is 5.56 Å². The summed E-state index contributed by atoms with van der Waals surface area (Å²) in [6, 6.07) is 13.7. The van der Waals surface area contributed by atoms with Crippen LogP contribution in [-0.2, 0) is 6.42 Å². The second kappa shape index (κ2) is 7.48. The molecule has 142 valence electrons. The van der Waals surface area contributed by atoms with Crippen molar-refractivity contribution < 1.29 is 9.47 Å². The number of nitrogens with one attached hydrogen (secondary N) is 1. The number of nitrogens with zero attached hydrogens (tertiary/aromatic N) is 1. The van der Waals surface area contributed by atoms with Gasteiger partial charge in [-0.3, -0.25) is 4.79 Å². The van der Waals surface area contributed by atoms with Crippen molar-refractivity contribution in [2.24, 2.45) is 0 Å². The van der Waals surface area contributed by atoms with Crippen molar-refractivity contribution >= 4 is 21.6 Å². The minimum absolute atomic E-state index is 0.125. The summed E-state index contributed by atoms with van der Waals surface area (Å²) in [4.78, 5) is 21.2. The van der Waals surface area contributed by atoms with E-state index < -0.39 is 0 Å². The van der Waals surface area contributed by atoms with Crippen molar-refractivity contribution in [2.75, 3.05) is 14.2 Å². The molecule has 0 fully saturated rings. The maximum absolute atomic E-state index is 12.9. The van der Waals surface area contributed by atoms with Gasteiger partial charge in [0, 0.05) is 22.9 Å². The second-order valence-electron chi connectivity index (χ2n) is 6.52. The fraction of sp³-hybridized carbons (Fsp3) is 0.182. The van der Waals surface area contributed by atoms with Crippen molar-refractivity contribution in [1.29, 1.82) is 0 Å². The molecule has 28 heavy (non-hydrogen) atoms. The Morgan fingerprint density at radius 2 is 1.86 bits per heavy atom. The Balaban J connectivity index is 1.76. The van der Waals surface area contributed by atoms with Gasteiger partial charge < -0.3 is 14.5 Å². The van der Waals surface area contributed by atoms with Crippen LogP contribution in [-0.4, -0.2) is 24.2 Å². The fourth-order valence-corrected chi connectivity index (χ4v) is 4.33. The molecule has 0 radical (unpaired) electrons. The molecule has 0 atom stereocenters. The number of thiophene rings is 1. The summed E-state index contributed by atoms with van der Waals surface area (Å²) in [5.74, 6) is 2.24. The molecule has 0 aliphatic carbocycles. The first-order valence-corrected chi connectivity index (χ1v) is 9.76. The number of methoxy groups -OCH3 is 2. The minimum atomic E-state index is -0.125. The Labute approximate surface area is 166 Å². The number of fused-ring (bicyclic) bond motifs is 1. The molecule has 0 unspecified atom stereocenters. The highest BCUT2D eigenvalue weighted by Crippen LogP contribution is 2.33. The second-order valence-corrected chi connectivity index (χ2v) is 7.37. The number of rotatable bonds is 5. The molecule has 0 amide bonds. The first-order valence-electron chi connectivity index (χ1n) is 8.88. The van der Waals surface area contributed by atoms with E-state index in [0.717, 1.165) is 38.6 Å². The van der Waals surface area contributed by atoms with E-state index in [4.69, 9.17) is 14.5 Å². The van der Waals surface area contributed by atoms with E-state index in [-0.39, 0.29) is 5.56 Å². The number of H-pyrrole nitrogens is 1. The quantitative estimate of drug-likeness (QED) is 0.540. The van der Waals surface area contributed by atoms with Crippen LogP contribution in [0.25, 0.3) is 21.3 Å². The molecule has 0 bridgehead atoms. The number of para-hydroxylation sites is 1. The third-order valence-corrected chi connectivity index (χ3v) is 5.62. The third kappa shape index (κ3) is 3.27. The number of aryl methyl sites for hydroxylation is 1. The highest BCUT2D eigenvalue weighted by Gasteiger charge is 2.15. The van der Waals surface area contributed by atoms with E-state index in [1.807, 2.05) is 54.8 Å². The Morgan fingerprint density at radius 1 is 1.07 bits per heavy atom. The summed E-state index contributed by atoms with van der Waals surface area (Å²) in [6.45, 7) is 1.99. The zero-order valence-corrected chi connectivity index (χ0v) is 16.7. The van der Waals surface area contributed by atoms with Gasteiger partial charge in [-0.15, -0.1) is 11.3 Å². The summed E-state index contributed by atoms with van der Waals surface area (Å²) in [6.07, 6.45) is 0.504. The molecule has 2 aromatic carbocycles. The Bertz CT molecular complexity index is 1210. The van der Waals surface area contributed by atoms with Crippen LogP contribution >= 0.6 is 11.3 Å². The van der Waals surface area contributed by atoms with Gasteiger partial charge in [-0.2, -0.15) is 0 Å². The zero-order valence-electron chi connectivity index (χ0n) is 15.9. The average Bonchev–Trinajstić information content (AvgIpc) is 3.13. The maximum Gasteiger partial charge on any atom is 0.260 e. The normalized spacial score (nSPS) is 11.0. The van der Waals surface area contributed by atoms with Crippen LogP contribution in [0.3, 0.4) is 0 Å². The standard InChI is InChI=1S/C22H20N2O3S/c1-13-10-14(8-9-17(13)26-2)16-12-28-22-20(16)21(25)23-19(24-22)11-15-6-4-5-7-18(15)27-3/h4-10,12H,11H2,1-3H3,(H,23,24,25). The van der Waals surface area contributed by atoms with Crippen molar-refractivity contribution in [3.63, 3.8) is 0 Å². The minimum Gasteiger partial charge on any atom is -0.496 e. The SMILES string of the molecule is COc1ccc(-c2csc3nc(Cc4ccccc4OC)[nH]c(=O)c23)cc1C. The lowest BCUT2D eigenvalue weighted by Gasteiger charge is -2.08. The zero-order chi connectivity index (χ0) is 19.7. The maximum atomic E-state index is 12.9. The Hall–Kier alpha value is -3.12. The van der Waals surface area contributed by atoms with Crippen LogP contribution in [0, 0.1) is 6.92 Å². The number of ether oxygens (including phenoxy) is 2. The predicted octanol–water partition coefficient (Wildman–Crippen LogP) is 4.57. The molecule has 6 heteroatoms. The molecule has 2 aromatic heterocycles. The number of aromatic amines is 1. The molecule has 4 rings (SSSR count). The monoisotopic (exact) mass is 392 g/mol. The molecular formula is C22H20N2O3S. The highest BCUT2D eigenvalue weighted by molar-refractivity contribution is 7.17. The van der Waals surface area contributed by atoms with Crippen LogP contribution < -0.4 is 15.0 Å². The molecule has 0 saturated heterocycles. The van der Waals surface area contributed by atoms with E-state index in [0.29, 0.717) is 17.6 Å². The summed E-state index contributed by atoms with van der Waals surface area (Å²) in [5, 5.41) is 2.61. The largest absolute Gasteiger partial charge is 0.496 e. The van der Waals surface area contributed by atoms with Crippen molar-refractivity contribution in [3.8, 4) is 22.6 Å². The van der Waals surface area contributed by atoms with Crippen LogP contribution in [0.5, 0.6) is 11.5 Å². The van der Waals surface area contributed by atoms with Crippen LogP contribution in [0.1, 0.15) is 17.0 Å². The fourth-order valence-electron chi connectivity index (χ4n) is 3.37. The number of benzene rings is 2. The Morgan fingerprint density at radius 3 is 2.61 bits per heavy atom. The van der Waals surface area contributed by atoms with Gasteiger partial charge in [-0.25, -0.2) is 4.98 Å². The molecule has 0 saturated carbocycles. The molecule has 0 aliphatic rings. The van der Waals surface area contributed by atoms with E-state index >= 15 is 0 Å². The van der Waals surface area contributed by atoms with E-state index in [1.54, 1.807) is 14.2 Å². The lowest BCUT2D eigenvalue weighted by atomic mass is 10.0. The molecule has 0 aliphatic heterocycles. The van der Waals surface area contributed by atoms with Crippen molar-refractivity contribution in [1.82, 2.24) is 9.97 Å². The topological polar surface area (TPSA) is 64.2 Å². The van der Waals surface area contributed by atoms with Gasteiger partial charge in [0.1, 0.15) is 22.2 Å². The van der Waals surface area contributed by atoms with Gasteiger partial charge >= 0.3 is 0 Å². The first kappa shape index (κ1) is 18.3.